The molecule has 0 aliphatic heterocycles. The minimum atomic E-state index is -0.848. The molecule has 2 aromatic rings. The molecule has 5 nitrogen and oxygen atoms in total. The maximum atomic E-state index is 11.6. The molecule has 0 unspecified atom stereocenters. The van der Waals surface area contributed by atoms with Gasteiger partial charge in [0.1, 0.15) is 0 Å². The number of nitrogen functional groups attached to an aromatic ring is 1. The quantitative estimate of drug-likeness (QED) is 0.491. The summed E-state index contributed by atoms with van der Waals surface area (Å²) in [5, 5.41) is 2.42. The molecule has 19 heavy (non-hydrogen) atoms. The zero-order valence-electron chi connectivity index (χ0n) is 10.00. The average Bonchev–Trinajstić information content (AvgIpc) is 2.39. The molecule has 2 aromatic carbocycles. The molecule has 96 valence electrons. The van der Waals surface area contributed by atoms with E-state index in [-0.39, 0.29) is 0 Å². The van der Waals surface area contributed by atoms with Crippen LogP contribution in [0.15, 0.2) is 54.6 Å². The Morgan fingerprint density at radius 3 is 2.42 bits per heavy atom. The number of carbonyl (C=O) groups excluding carboxylic acids is 2. The van der Waals surface area contributed by atoms with E-state index in [9.17, 15) is 9.59 Å². The first-order valence-electron chi connectivity index (χ1n) is 5.59. The third kappa shape index (κ3) is 3.57. The molecule has 0 saturated heterocycles. The summed E-state index contributed by atoms with van der Waals surface area (Å²) < 4.78 is 4.65. The topological polar surface area (TPSA) is 81.4 Å². The van der Waals surface area contributed by atoms with Crippen LogP contribution < -0.4 is 11.1 Å². The summed E-state index contributed by atoms with van der Waals surface area (Å²) >= 11 is 0. The SMILES string of the molecule is Nc1cccc(NC(=O)OC(=O)c2ccccc2)c1. The lowest BCUT2D eigenvalue weighted by Gasteiger charge is -2.06. The number of rotatable bonds is 2. The molecule has 0 bridgehead atoms. The molecule has 0 aromatic heterocycles. The van der Waals surface area contributed by atoms with Gasteiger partial charge in [-0.15, -0.1) is 0 Å². The number of carbonyl (C=O) groups is 2. The number of anilines is 2. The number of benzene rings is 2. The van der Waals surface area contributed by atoms with Crippen LogP contribution in [0.5, 0.6) is 0 Å². The third-order valence-corrected chi connectivity index (χ3v) is 2.33. The van der Waals surface area contributed by atoms with Gasteiger partial charge in [0.15, 0.2) is 0 Å². The van der Waals surface area contributed by atoms with Gasteiger partial charge in [0, 0.05) is 11.4 Å². The Balaban J connectivity index is 1.97. The highest BCUT2D eigenvalue weighted by molar-refractivity contribution is 6.00. The highest BCUT2D eigenvalue weighted by Gasteiger charge is 2.12. The lowest BCUT2D eigenvalue weighted by Crippen LogP contribution is -2.18. The molecule has 1 amide bonds. The normalized spacial score (nSPS) is 9.68. The van der Waals surface area contributed by atoms with Crippen molar-refractivity contribution < 1.29 is 14.3 Å². The highest BCUT2D eigenvalue weighted by atomic mass is 16.6. The molecule has 0 saturated carbocycles. The number of ether oxygens (including phenoxy) is 1. The first-order valence-corrected chi connectivity index (χ1v) is 5.59. The Morgan fingerprint density at radius 2 is 1.74 bits per heavy atom. The Labute approximate surface area is 110 Å². The van der Waals surface area contributed by atoms with Gasteiger partial charge in [0.2, 0.25) is 0 Å². The van der Waals surface area contributed by atoms with Crippen LogP contribution in [-0.2, 0) is 4.74 Å². The molecule has 0 radical (unpaired) electrons. The van der Waals surface area contributed by atoms with Crippen molar-refractivity contribution in [3.05, 3.63) is 60.2 Å². The Bertz CT molecular complexity index is 597. The summed E-state index contributed by atoms with van der Waals surface area (Å²) in [5.41, 5.74) is 6.85. The van der Waals surface area contributed by atoms with Crippen LogP contribution in [0.1, 0.15) is 10.4 Å². The van der Waals surface area contributed by atoms with Crippen LogP contribution in [-0.4, -0.2) is 12.1 Å². The molecule has 0 aliphatic rings. The van der Waals surface area contributed by atoms with Gasteiger partial charge in [-0.3, -0.25) is 5.32 Å². The van der Waals surface area contributed by atoms with E-state index in [0.29, 0.717) is 16.9 Å². The van der Waals surface area contributed by atoms with E-state index in [1.54, 1.807) is 54.6 Å². The molecule has 0 spiro atoms. The van der Waals surface area contributed by atoms with E-state index in [4.69, 9.17) is 5.73 Å². The van der Waals surface area contributed by atoms with E-state index in [0.717, 1.165) is 0 Å². The summed E-state index contributed by atoms with van der Waals surface area (Å²) in [7, 11) is 0. The van der Waals surface area contributed by atoms with E-state index in [1.807, 2.05) is 0 Å². The first-order chi connectivity index (χ1) is 9.15. The average molecular weight is 256 g/mol. The summed E-state index contributed by atoms with van der Waals surface area (Å²) in [4.78, 5) is 23.1. The predicted molar refractivity (Wildman–Crippen MR) is 71.7 cm³/mol. The molecule has 5 heteroatoms. The largest absolute Gasteiger partial charge is 0.419 e. The van der Waals surface area contributed by atoms with Gasteiger partial charge in [0.25, 0.3) is 0 Å². The van der Waals surface area contributed by atoms with E-state index < -0.39 is 12.1 Å². The van der Waals surface area contributed by atoms with Gasteiger partial charge >= 0.3 is 12.1 Å². The number of hydrogen-bond donors (Lipinski definition) is 2. The summed E-state index contributed by atoms with van der Waals surface area (Å²) in [5.74, 6) is -0.706. The number of amides is 1. The maximum Gasteiger partial charge on any atom is 0.419 e. The Kier molecular flexibility index (Phi) is 3.78. The third-order valence-electron chi connectivity index (χ3n) is 2.33. The van der Waals surface area contributed by atoms with Crippen molar-refractivity contribution in [3.8, 4) is 0 Å². The van der Waals surface area contributed by atoms with E-state index in [1.165, 1.54) is 0 Å². The van der Waals surface area contributed by atoms with Gasteiger partial charge in [-0.25, -0.2) is 9.59 Å². The lowest BCUT2D eigenvalue weighted by molar-refractivity contribution is 0.0645. The van der Waals surface area contributed by atoms with Crippen molar-refractivity contribution in [2.45, 2.75) is 0 Å². The fourth-order valence-corrected chi connectivity index (χ4v) is 1.48. The van der Waals surface area contributed by atoms with Gasteiger partial charge in [-0.1, -0.05) is 24.3 Å². The number of esters is 1. The van der Waals surface area contributed by atoms with Gasteiger partial charge in [0.05, 0.1) is 5.56 Å². The highest BCUT2D eigenvalue weighted by Crippen LogP contribution is 2.12. The molecule has 0 atom stereocenters. The fourth-order valence-electron chi connectivity index (χ4n) is 1.48. The van der Waals surface area contributed by atoms with E-state index >= 15 is 0 Å². The van der Waals surface area contributed by atoms with E-state index in [2.05, 4.69) is 10.1 Å². The molecule has 0 aliphatic carbocycles. The smallest absolute Gasteiger partial charge is 0.399 e. The number of nitrogens with two attached hydrogens (primary N) is 1. The van der Waals surface area contributed by atoms with Crippen molar-refractivity contribution in [1.82, 2.24) is 0 Å². The van der Waals surface area contributed by atoms with Crippen LogP contribution in [0.4, 0.5) is 16.2 Å². The van der Waals surface area contributed by atoms with Crippen LogP contribution in [0.3, 0.4) is 0 Å². The number of hydrogen-bond acceptors (Lipinski definition) is 4. The second-order valence-corrected chi connectivity index (χ2v) is 3.79. The molecule has 3 N–H and O–H groups in total. The second kappa shape index (κ2) is 5.68. The van der Waals surface area contributed by atoms with Crippen molar-refractivity contribution >= 4 is 23.4 Å². The van der Waals surface area contributed by atoms with Crippen molar-refractivity contribution in [2.75, 3.05) is 11.1 Å². The monoisotopic (exact) mass is 256 g/mol. The minimum Gasteiger partial charge on any atom is -0.399 e. The summed E-state index contributed by atoms with van der Waals surface area (Å²) in [6, 6.07) is 14.9. The fraction of sp³-hybridized carbons (Fsp3) is 0. The molecule has 0 heterocycles. The summed E-state index contributed by atoms with van der Waals surface area (Å²) in [6.07, 6.45) is -0.848. The van der Waals surface area contributed by atoms with Crippen molar-refractivity contribution in [2.24, 2.45) is 0 Å². The van der Waals surface area contributed by atoms with Crippen LogP contribution in [0.25, 0.3) is 0 Å². The Hall–Kier alpha value is -2.82. The Morgan fingerprint density at radius 1 is 1.00 bits per heavy atom. The first kappa shape index (κ1) is 12.6. The van der Waals surface area contributed by atoms with Gasteiger partial charge in [-0.05, 0) is 30.3 Å². The second-order valence-electron chi connectivity index (χ2n) is 3.79. The van der Waals surface area contributed by atoms with Crippen molar-refractivity contribution in [3.63, 3.8) is 0 Å². The molecule has 2 rings (SSSR count). The van der Waals surface area contributed by atoms with Gasteiger partial charge < -0.3 is 10.5 Å². The maximum absolute atomic E-state index is 11.6. The number of nitrogens with one attached hydrogen (secondary N) is 1. The lowest BCUT2D eigenvalue weighted by atomic mass is 10.2. The van der Waals surface area contributed by atoms with Crippen LogP contribution >= 0.6 is 0 Å². The molecular weight excluding hydrogens is 244 g/mol. The zero-order chi connectivity index (χ0) is 13.7. The van der Waals surface area contributed by atoms with Crippen LogP contribution in [0.2, 0.25) is 0 Å². The summed E-state index contributed by atoms with van der Waals surface area (Å²) in [6.45, 7) is 0. The predicted octanol–water partition coefficient (Wildman–Crippen LogP) is 2.66. The zero-order valence-corrected chi connectivity index (χ0v) is 10.00. The standard InChI is InChI=1S/C14H12N2O3/c15-11-7-4-8-12(9-11)16-14(18)19-13(17)10-5-2-1-3-6-10/h1-9H,15H2,(H,16,18). The van der Waals surface area contributed by atoms with Gasteiger partial charge in [-0.2, -0.15) is 0 Å². The minimum absolute atomic E-state index is 0.310. The molecular formula is C14H12N2O3. The molecule has 0 fully saturated rings. The van der Waals surface area contributed by atoms with Crippen molar-refractivity contribution in [1.29, 1.82) is 0 Å². The van der Waals surface area contributed by atoms with Crippen LogP contribution in [0, 0.1) is 0 Å².